The number of carboxylic acid groups (broad SMARTS) is 1. The molecular formula is C19H20FNO3. The lowest BCUT2D eigenvalue weighted by Gasteiger charge is -2.17. The first-order chi connectivity index (χ1) is 11.5. The number of carbonyl (C=O) groups is 2. The van der Waals surface area contributed by atoms with Gasteiger partial charge in [-0.25, -0.2) is 9.18 Å². The summed E-state index contributed by atoms with van der Waals surface area (Å²) in [6, 6.07) is 13.7. The van der Waals surface area contributed by atoms with Gasteiger partial charge in [0.1, 0.15) is 5.82 Å². The average Bonchev–Trinajstić information content (AvgIpc) is 2.53. The second kappa shape index (κ2) is 8.24. The fourth-order valence-electron chi connectivity index (χ4n) is 2.61. The first kappa shape index (κ1) is 17.7. The summed E-state index contributed by atoms with van der Waals surface area (Å²) in [5, 5.41) is 11.9. The molecule has 1 amide bonds. The molecule has 5 heteroatoms. The van der Waals surface area contributed by atoms with Gasteiger partial charge in [-0.15, -0.1) is 0 Å². The number of aliphatic carboxylic acids is 1. The molecule has 4 nitrogen and oxygen atoms in total. The third-order valence-electron chi connectivity index (χ3n) is 3.69. The van der Waals surface area contributed by atoms with Crippen molar-refractivity contribution in [3.05, 3.63) is 71.5 Å². The molecule has 126 valence electrons. The molecule has 2 atom stereocenters. The summed E-state index contributed by atoms with van der Waals surface area (Å²) in [6.45, 7) is 1.88. The van der Waals surface area contributed by atoms with E-state index >= 15 is 0 Å². The van der Waals surface area contributed by atoms with Crippen molar-refractivity contribution in [2.24, 2.45) is 5.92 Å². The van der Waals surface area contributed by atoms with Crippen molar-refractivity contribution in [3.8, 4) is 0 Å². The lowest BCUT2D eigenvalue weighted by Crippen LogP contribution is -2.34. The van der Waals surface area contributed by atoms with Crippen LogP contribution in [-0.4, -0.2) is 17.0 Å². The monoisotopic (exact) mass is 329 g/mol. The van der Waals surface area contributed by atoms with E-state index in [2.05, 4.69) is 5.32 Å². The number of carbonyl (C=O) groups excluding carboxylic acids is 1. The molecule has 2 rings (SSSR count). The third kappa shape index (κ3) is 5.19. The molecule has 0 saturated carbocycles. The van der Waals surface area contributed by atoms with E-state index in [4.69, 9.17) is 0 Å². The summed E-state index contributed by atoms with van der Waals surface area (Å²) in [5.74, 6) is -1.78. The highest BCUT2D eigenvalue weighted by atomic mass is 19.1. The van der Waals surface area contributed by atoms with E-state index in [0.29, 0.717) is 12.0 Å². The molecule has 2 N–H and O–H groups in total. The minimum atomic E-state index is -1.10. The fraction of sp³-hybridized carbons (Fsp3) is 0.263. The lowest BCUT2D eigenvalue weighted by molar-refractivity contribution is -0.142. The second-order valence-electron chi connectivity index (χ2n) is 5.89. The molecule has 0 saturated heterocycles. The molecule has 0 aliphatic heterocycles. The summed E-state index contributed by atoms with van der Waals surface area (Å²) in [7, 11) is 0. The van der Waals surface area contributed by atoms with Gasteiger partial charge in [0.25, 0.3) is 0 Å². The van der Waals surface area contributed by atoms with E-state index in [9.17, 15) is 19.1 Å². The molecule has 2 aromatic rings. The summed E-state index contributed by atoms with van der Waals surface area (Å²) in [4.78, 5) is 23.5. The molecule has 1 unspecified atom stereocenters. The van der Waals surface area contributed by atoms with Gasteiger partial charge in [-0.1, -0.05) is 49.4 Å². The van der Waals surface area contributed by atoms with Crippen LogP contribution in [0.3, 0.4) is 0 Å². The van der Waals surface area contributed by atoms with Gasteiger partial charge >= 0.3 is 5.97 Å². The van der Waals surface area contributed by atoms with Crippen LogP contribution in [-0.2, 0) is 16.0 Å². The molecule has 0 aromatic heterocycles. The van der Waals surface area contributed by atoms with Crippen molar-refractivity contribution in [2.75, 3.05) is 0 Å². The van der Waals surface area contributed by atoms with Crippen LogP contribution in [0.4, 0.5) is 4.39 Å². The predicted molar refractivity (Wildman–Crippen MR) is 88.8 cm³/mol. The molecule has 2 aromatic carbocycles. The van der Waals surface area contributed by atoms with Gasteiger partial charge in [0.15, 0.2) is 6.04 Å². The van der Waals surface area contributed by atoms with Crippen molar-refractivity contribution >= 4 is 11.9 Å². The Morgan fingerprint density at radius 3 is 2.46 bits per heavy atom. The molecule has 0 heterocycles. The number of hydrogen-bond donors (Lipinski definition) is 2. The van der Waals surface area contributed by atoms with Crippen LogP contribution >= 0.6 is 0 Å². The van der Waals surface area contributed by atoms with Crippen molar-refractivity contribution in [1.29, 1.82) is 0 Å². The van der Waals surface area contributed by atoms with E-state index < -0.39 is 12.0 Å². The minimum absolute atomic E-state index is 0.0305. The molecule has 0 aliphatic rings. The molecule has 0 fully saturated rings. The number of carboxylic acids is 1. The van der Waals surface area contributed by atoms with Crippen molar-refractivity contribution in [1.82, 2.24) is 5.32 Å². The zero-order valence-corrected chi connectivity index (χ0v) is 13.4. The van der Waals surface area contributed by atoms with E-state index in [0.717, 1.165) is 5.56 Å². The zero-order chi connectivity index (χ0) is 17.5. The number of hydrogen-bond acceptors (Lipinski definition) is 2. The molecule has 0 spiro atoms. The number of nitrogens with one attached hydrogen (secondary N) is 1. The first-order valence-corrected chi connectivity index (χ1v) is 7.77. The Morgan fingerprint density at radius 1 is 1.12 bits per heavy atom. The van der Waals surface area contributed by atoms with Gasteiger partial charge in [-0.05, 0) is 35.6 Å². The summed E-state index contributed by atoms with van der Waals surface area (Å²) in [5.41, 5.74) is 1.34. The van der Waals surface area contributed by atoms with E-state index in [1.807, 2.05) is 13.0 Å². The highest BCUT2D eigenvalue weighted by Crippen LogP contribution is 2.16. The summed E-state index contributed by atoms with van der Waals surface area (Å²) in [6.07, 6.45) is 0.724. The maximum absolute atomic E-state index is 13.2. The SMILES string of the molecule is CC(CC(=O)N[C@@H](C(=O)O)c1ccccc1)Cc1cccc(F)c1. The van der Waals surface area contributed by atoms with Crippen LogP contribution in [0.2, 0.25) is 0 Å². The quantitative estimate of drug-likeness (QED) is 0.819. The van der Waals surface area contributed by atoms with Gasteiger partial charge in [-0.3, -0.25) is 4.79 Å². The number of rotatable bonds is 7. The fourth-order valence-corrected chi connectivity index (χ4v) is 2.61. The smallest absolute Gasteiger partial charge is 0.330 e. The maximum atomic E-state index is 13.2. The Morgan fingerprint density at radius 2 is 1.83 bits per heavy atom. The number of benzene rings is 2. The van der Waals surface area contributed by atoms with Gasteiger partial charge < -0.3 is 10.4 Å². The van der Waals surface area contributed by atoms with Crippen molar-refractivity contribution in [2.45, 2.75) is 25.8 Å². The third-order valence-corrected chi connectivity index (χ3v) is 3.69. The van der Waals surface area contributed by atoms with Gasteiger partial charge in [-0.2, -0.15) is 0 Å². The Hall–Kier alpha value is -2.69. The molecule has 0 radical (unpaired) electrons. The number of amides is 1. The van der Waals surface area contributed by atoms with Crippen LogP contribution in [0.25, 0.3) is 0 Å². The highest BCUT2D eigenvalue weighted by Gasteiger charge is 2.22. The Bertz CT molecular complexity index is 703. The van der Waals surface area contributed by atoms with Crippen LogP contribution in [0.1, 0.15) is 30.5 Å². The van der Waals surface area contributed by atoms with E-state index in [-0.39, 0.29) is 24.1 Å². The molecular weight excluding hydrogens is 309 g/mol. The van der Waals surface area contributed by atoms with Crippen LogP contribution in [0.15, 0.2) is 54.6 Å². The Kier molecular flexibility index (Phi) is 6.07. The second-order valence-corrected chi connectivity index (χ2v) is 5.89. The van der Waals surface area contributed by atoms with Crippen LogP contribution < -0.4 is 5.32 Å². The highest BCUT2D eigenvalue weighted by molar-refractivity contribution is 5.84. The predicted octanol–water partition coefficient (Wildman–Crippen LogP) is 3.34. The molecule has 0 bridgehead atoms. The van der Waals surface area contributed by atoms with E-state index in [1.54, 1.807) is 36.4 Å². The van der Waals surface area contributed by atoms with Crippen LogP contribution in [0, 0.1) is 11.7 Å². The molecule has 24 heavy (non-hydrogen) atoms. The Balaban J connectivity index is 1.94. The van der Waals surface area contributed by atoms with Gasteiger partial charge in [0.05, 0.1) is 0 Å². The summed E-state index contributed by atoms with van der Waals surface area (Å²) < 4.78 is 13.2. The van der Waals surface area contributed by atoms with Crippen LogP contribution in [0.5, 0.6) is 0 Å². The summed E-state index contributed by atoms with van der Waals surface area (Å²) >= 11 is 0. The largest absolute Gasteiger partial charge is 0.479 e. The first-order valence-electron chi connectivity index (χ1n) is 7.77. The maximum Gasteiger partial charge on any atom is 0.330 e. The van der Waals surface area contributed by atoms with Gasteiger partial charge in [0.2, 0.25) is 5.91 Å². The zero-order valence-electron chi connectivity index (χ0n) is 13.4. The van der Waals surface area contributed by atoms with Crippen molar-refractivity contribution in [3.63, 3.8) is 0 Å². The Labute approximate surface area is 140 Å². The minimum Gasteiger partial charge on any atom is -0.479 e. The average molecular weight is 329 g/mol. The molecule has 0 aliphatic carbocycles. The van der Waals surface area contributed by atoms with Gasteiger partial charge in [0, 0.05) is 6.42 Å². The standard InChI is InChI=1S/C19H20FNO3/c1-13(10-14-6-5-9-16(20)12-14)11-17(22)21-18(19(23)24)15-7-3-2-4-8-15/h2-9,12-13,18H,10-11H2,1H3,(H,21,22)(H,23,24)/t13?,18-/m1/s1. The normalized spacial score (nSPS) is 13.1. The van der Waals surface area contributed by atoms with E-state index in [1.165, 1.54) is 12.1 Å². The topological polar surface area (TPSA) is 66.4 Å². The lowest BCUT2D eigenvalue weighted by atomic mass is 9.97. The van der Waals surface area contributed by atoms with Crippen molar-refractivity contribution < 1.29 is 19.1 Å². The number of halogens is 1.